The van der Waals surface area contributed by atoms with Gasteiger partial charge in [-0.25, -0.2) is 0 Å². The van der Waals surface area contributed by atoms with Crippen LogP contribution >= 0.6 is 0 Å². The van der Waals surface area contributed by atoms with Gasteiger partial charge >= 0.3 is 0 Å². The molecule has 1 rings (SSSR count). The van der Waals surface area contributed by atoms with Crippen LogP contribution in [0, 0.1) is 12.8 Å². The van der Waals surface area contributed by atoms with Gasteiger partial charge in [-0.1, -0.05) is 13.8 Å². The van der Waals surface area contributed by atoms with Crippen LogP contribution < -0.4 is 11.1 Å². The maximum absolute atomic E-state index is 12.0. The topological polar surface area (TPSA) is 83.8 Å². The van der Waals surface area contributed by atoms with Crippen LogP contribution in [0.1, 0.15) is 43.4 Å². The molecule has 5 heteroatoms. The van der Waals surface area contributed by atoms with E-state index < -0.39 is 0 Å². The standard InChI is InChI=1S/C12H22N4O/c1-8(2)6-12(4,7-13)14-11(17)10-5-9(3)15-16-10/h5,8H,6-7,13H2,1-4H3,(H,14,17)(H,15,16). The number of H-pyrrole nitrogens is 1. The van der Waals surface area contributed by atoms with Gasteiger partial charge in [-0.3, -0.25) is 9.89 Å². The summed E-state index contributed by atoms with van der Waals surface area (Å²) in [5.41, 5.74) is 6.64. The molecule has 1 aromatic rings. The van der Waals surface area contributed by atoms with Crippen LogP contribution in [0.15, 0.2) is 6.07 Å². The number of aromatic amines is 1. The molecular weight excluding hydrogens is 216 g/mol. The molecule has 0 saturated heterocycles. The Morgan fingerprint density at radius 2 is 2.29 bits per heavy atom. The molecule has 0 aromatic carbocycles. The molecule has 0 spiro atoms. The highest BCUT2D eigenvalue weighted by Crippen LogP contribution is 2.15. The number of aromatic nitrogens is 2. The lowest BCUT2D eigenvalue weighted by molar-refractivity contribution is 0.0893. The number of hydrogen-bond donors (Lipinski definition) is 3. The third-order valence-corrected chi connectivity index (χ3v) is 2.66. The first-order valence-electron chi connectivity index (χ1n) is 5.91. The van der Waals surface area contributed by atoms with E-state index in [0.29, 0.717) is 18.2 Å². The van der Waals surface area contributed by atoms with E-state index in [1.807, 2.05) is 13.8 Å². The smallest absolute Gasteiger partial charge is 0.272 e. The van der Waals surface area contributed by atoms with E-state index in [1.54, 1.807) is 6.07 Å². The first-order valence-corrected chi connectivity index (χ1v) is 5.91. The average Bonchev–Trinajstić information content (AvgIpc) is 2.63. The third-order valence-electron chi connectivity index (χ3n) is 2.66. The summed E-state index contributed by atoms with van der Waals surface area (Å²) in [7, 11) is 0. The summed E-state index contributed by atoms with van der Waals surface area (Å²) in [6.45, 7) is 8.46. The molecule has 1 aromatic heterocycles. The summed E-state index contributed by atoms with van der Waals surface area (Å²) in [4.78, 5) is 12.0. The minimum absolute atomic E-state index is 0.178. The van der Waals surface area contributed by atoms with Gasteiger partial charge in [0.2, 0.25) is 0 Å². The van der Waals surface area contributed by atoms with Crippen LogP contribution in [0.5, 0.6) is 0 Å². The van der Waals surface area contributed by atoms with Crippen molar-refractivity contribution in [3.8, 4) is 0 Å². The van der Waals surface area contributed by atoms with Gasteiger partial charge in [0.05, 0.1) is 5.54 Å². The van der Waals surface area contributed by atoms with E-state index in [4.69, 9.17) is 5.73 Å². The summed E-state index contributed by atoms with van der Waals surface area (Å²) in [6.07, 6.45) is 0.846. The lowest BCUT2D eigenvalue weighted by atomic mass is 9.90. The van der Waals surface area contributed by atoms with E-state index in [1.165, 1.54) is 0 Å². The molecule has 0 bridgehead atoms. The Hall–Kier alpha value is -1.36. The lowest BCUT2D eigenvalue weighted by Gasteiger charge is -2.30. The highest BCUT2D eigenvalue weighted by atomic mass is 16.2. The van der Waals surface area contributed by atoms with Crippen LogP contribution in [0.25, 0.3) is 0 Å². The SMILES string of the molecule is Cc1cc(C(=O)NC(C)(CN)CC(C)C)n[nH]1. The summed E-state index contributed by atoms with van der Waals surface area (Å²) >= 11 is 0. The highest BCUT2D eigenvalue weighted by Gasteiger charge is 2.27. The number of hydrogen-bond acceptors (Lipinski definition) is 3. The molecule has 1 unspecified atom stereocenters. The Kier molecular flexibility index (Phi) is 4.28. The van der Waals surface area contributed by atoms with Gasteiger partial charge in [0.15, 0.2) is 0 Å². The van der Waals surface area contributed by atoms with Crippen LogP contribution in [-0.2, 0) is 0 Å². The molecule has 1 heterocycles. The van der Waals surface area contributed by atoms with E-state index in [9.17, 15) is 4.79 Å². The molecule has 1 atom stereocenters. The second-order valence-corrected chi connectivity index (χ2v) is 5.25. The molecule has 96 valence electrons. The second kappa shape index (κ2) is 5.31. The van der Waals surface area contributed by atoms with E-state index in [-0.39, 0.29) is 11.4 Å². The van der Waals surface area contributed by atoms with E-state index in [2.05, 4.69) is 29.4 Å². The van der Waals surface area contributed by atoms with Gasteiger partial charge in [-0.05, 0) is 32.3 Å². The van der Waals surface area contributed by atoms with Crippen LogP contribution in [0.3, 0.4) is 0 Å². The molecule has 5 nitrogen and oxygen atoms in total. The van der Waals surface area contributed by atoms with E-state index >= 15 is 0 Å². The molecule has 0 aliphatic heterocycles. The van der Waals surface area contributed by atoms with Crippen molar-refractivity contribution in [3.05, 3.63) is 17.5 Å². The average molecular weight is 238 g/mol. The summed E-state index contributed by atoms with van der Waals surface area (Å²) in [5, 5.41) is 9.65. The fourth-order valence-electron chi connectivity index (χ4n) is 1.96. The van der Waals surface area contributed by atoms with Crippen LogP contribution in [0.4, 0.5) is 0 Å². The molecular formula is C12H22N4O. The van der Waals surface area contributed by atoms with E-state index in [0.717, 1.165) is 12.1 Å². The maximum Gasteiger partial charge on any atom is 0.272 e. The molecule has 0 aliphatic rings. The lowest BCUT2D eigenvalue weighted by Crippen LogP contribution is -2.52. The monoisotopic (exact) mass is 238 g/mol. The molecule has 0 radical (unpaired) electrons. The number of carbonyl (C=O) groups excluding carboxylic acids is 1. The van der Waals surface area contributed by atoms with Gasteiger partial charge in [-0.2, -0.15) is 5.10 Å². The minimum Gasteiger partial charge on any atom is -0.344 e. The van der Waals surface area contributed by atoms with Crippen molar-refractivity contribution in [2.45, 2.75) is 39.7 Å². The molecule has 1 amide bonds. The van der Waals surface area contributed by atoms with Crippen molar-refractivity contribution in [1.29, 1.82) is 0 Å². The maximum atomic E-state index is 12.0. The Bertz CT molecular complexity index is 386. The van der Waals surface area contributed by atoms with Crippen LogP contribution in [-0.4, -0.2) is 28.2 Å². The summed E-state index contributed by atoms with van der Waals surface area (Å²) in [5.74, 6) is 0.299. The van der Waals surface area contributed by atoms with Crippen molar-refractivity contribution in [2.24, 2.45) is 11.7 Å². The second-order valence-electron chi connectivity index (χ2n) is 5.25. The number of nitrogens with one attached hydrogen (secondary N) is 2. The fraction of sp³-hybridized carbons (Fsp3) is 0.667. The van der Waals surface area contributed by atoms with Crippen molar-refractivity contribution in [1.82, 2.24) is 15.5 Å². The highest BCUT2D eigenvalue weighted by molar-refractivity contribution is 5.92. The largest absolute Gasteiger partial charge is 0.344 e. The molecule has 4 N–H and O–H groups in total. The fourth-order valence-corrected chi connectivity index (χ4v) is 1.96. The normalized spacial score (nSPS) is 14.7. The number of nitrogens with two attached hydrogens (primary N) is 1. The number of nitrogens with zero attached hydrogens (tertiary/aromatic N) is 1. The molecule has 0 fully saturated rings. The Labute approximate surface area is 102 Å². The quantitative estimate of drug-likeness (QED) is 0.721. The first-order chi connectivity index (χ1) is 7.86. The third kappa shape index (κ3) is 3.85. The van der Waals surface area contributed by atoms with Gasteiger partial charge in [0.1, 0.15) is 5.69 Å². The first kappa shape index (κ1) is 13.7. The van der Waals surface area contributed by atoms with Crippen molar-refractivity contribution < 1.29 is 4.79 Å². The zero-order valence-electron chi connectivity index (χ0n) is 11.0. The van der Waals surface area contributed by atoms with Crippen molar-refractivity contribution in [2.75, 3.05) is 6.54 Å². The minimum atomic E-state index is -0.377. The van der Waals surface area contributed by atoms with Gasteiger partial charge < -0.3 is 11.1 Å². The Morgan fingerprint density at radius 1 is 1.65 bits per heavy atom. The van der Waals surface area contributed by atoms with Crippen molar-refractivity contribution >= 4 is 5.91 Å². The van der Waals surface area contributed by atoms with Gasteiger partial charge in [-0.15, -0.1) is 0 Å². The predicted octanol–water partition coefficient (Wildman–Crippen LogP) is 1.21. The van der Waals surface area contributed by atoms with Crippen LogP contribution in [0.2, 0.25) is 0 Å². The zero-order valence-corrected chi connectivity index (χ0v) is 11.0. The number of rotatable bonds is 5. The zero-order chi connectivity index (χ0) is 13.1. The summed E-state index contributed by atoms with van der Waals surface area (Å²) < 4.78 is 0. The number of aryl methyl sites for hydroxylation is 1. The molecule has 17 heavy (non-hydrogen) atoms. The number of carbonyl (C=O) groups is 1. The Morgan fingerprint density at radius 3 is 2.71 bits per heavy atom. The van der Waals surface area contributed by atoms with Gasteiger partial charge in [0, 0.05) is 12.2 Å². The number of amides is 1. The molecule has 0 aliphatic carbocycles. The van der Waals surface area contributed by atoms with Gasteiger partial charge in [0.25, 0.3) is 5.91 Å². The summed E-state index contributed by atoms with van der Waals surface area (Å²) in [6, 6.07) is 1.72. The Balaban J connectivity index is 2.71. The predicted molar refractivity (Wildman–Crippen MR) is 67.7 cm³/mol. The van der Waals surface area contributed by atoms with Crippen molar-refractivity contribution in [3.63, 3.8) is 0 Å². The molecule has 0 saturated carbocycles.